The van der Waals surface area contributed by atoms with Crippen LogP contribution in [0.4, 0.5) is 5.95 Å². The molecule has 2 N–H and O–H groups in total. The van der Waals surface area contributed by atoms with E-state index in [4.69, 9.17) is 14.2 Å². The Kier molecular flexibility index (Phi) is 6.53. The van der Waals surface area contributed by atoms with E-state index >= 15 is 0 Å². The Morgan fingerprint density at radius 1 is 1.26 bits per heavy atom. The molecule has 1 saturated heterocycles. The van der Waals surface area contributed by atoms with Crippen LogP contribution in [0.25, 0.3) is 5.65 Å². The molecule has 1 fully saturated rings. The van der Waals surface area contributed by atoms with E-state index in [0.29, 0.717) is 31.7 Å². The summed E-state index contributed by atoms with van der Waals surface area (Å²) >= 11 is 0. The Hall–Kier alpha value is -2.91. The first-order valence-electron chi connectivity index (χ1n) is 10.7. The number of nitrogens with one attached hydrogen (secondary N) is 2. The molecular formula is C22H30N6O3. The second-order valence-electron chi connectivity index (χ2n) is 7.98. The fourth-order valence-corrected chi connectivity index (χ4v) is 3.52. The van der Waals surface area contributed by atoms with E-state index in [2.05, 4.69) is 46.5 Å². The fourth-order valence-electron chi connectivity index (χ4n) is 3.52. The fraction of sp³-hybridized carbons (Fsp3) is 0.500. The summed E-state index contributed by atoms with van der Waals surface area (Å²) in [5.74, 6) is 1.65. The van der Waals surface area contributed by atoms with Crippen molar-refractivity contribution in [3.63, 3.8) is 0 Å². The molecule has 0 aliphatic carbocycles. The summed E-state index contributed by atoms with van der Waals surface area (Å²) in [6, 6.07) is 8.23. The molecule has 1 unspecified atom stereocenters. The Morgan fingerprint density at radius 3 is 2.94 bits per heavy atom. The number of methoxy groups -OCH3 is 1. The summed E-state index contributed by atoms with van der Waals surface area (Å²) in [5.41, 5.74) is 2.86. The molecule has 166 valence electrons. The first kappa shape index (κ1) is 21.3. The van der Waals surface area contributed by atoms with Gasteiger partial charge in [0.25, 0.3) is 0 Å². The number of benzene rings is 1. The smallest absolute Gasteiger partial charge is 0.322 e. The van der Waals surface area contributed by atoms with Crippen LogP contribution in [0.2, 0.25) is 0 Å². The van der Waals surface area contributed by atoms with Gasteiger partial charge >= 0.3 is 6.01 Å². The van der Waals surface area contributed by atoms with Crippen molar-refractivity contribution in [2.45, 2.75) is 38.8 Å². The highest BCUT2D eigenvalue weighted by atomic mass is 16.5. The zero-order valence-corrected chi connectivity index (χ0v) is 18.5. The molecule has 2 atom stereocenters. The van der Waals surface area contributed by atoms with E-state index in [-0.39, 0.29) is 18.1 Å². The van der Waals surface area contributed by atoms with Gasteiger partial charge in [-0.1, -0.05) is 26.0 Å². The summed E-state index contributed by atoms with van der Waals surface area (Å²) in [4.78, 5) is 9.32. The molecule has 0 amide bonds. The molecule has 1 aliphatic rings. The van der Waals surface area contributed by atoms with Gasteiger partial charge in [0.15, 0.2) is 5.65 Å². The first-order chi connectivity index (χ1) is 15.0. The lowest BCUT2D eigenvalue weighted by Gasteiger charge is -2.19. The van der Waals surface area contributed by atoms with Gasteiger partial charge in [0.2, 0.25) is 5.95 Å². The standard InChI is InChI=1S/C22H30N6O3/c1-14(2)19-12-24-28-20(19)26-22(31-18-11-23-8-9-30-13-18)27-21(28)25-15(3)16-6-5-7-17(10-16)29-4/h5-7,10,12,14-15,18,23H,8-9,11,13H2,1-4H3,(H,25,26,27)/t15-,18?/m0/s1. The van der Waals surface area contributed by atoms with E-state index in [1.54, 1.807) is 11.6 Å². The van der Waals surface area contributed by atoms with Gasteiger partial charge in [-0.25, -0.2) is 0 Å². The molecule has 0 bridgehead atoms. The highest BCUT2D eigenvalue weighted by molar-refractivity contribution is 5.53. The van der Waals surface area contributed by atoms with Crippen LogP contribution < -0.4 is 20.1 Å². The van der Waals surface area contributed by atoms with Crippen molar-refractivity contribution in [2.24, 2.45) is 0 Å². The van der Waals surface area contributed by atoms with Gasteiger partial charge in [-0.3, -0.25) is 0 Å². The number of anilines is 1. The van der Waals surface area contributed by atoms with Gasteiger partial charge in [-0.05, 0) is 30.5 Å². The quantitative estimate of drug-likeness (QED) is 0.596. The third-order valence-corrected chi connectivity index (χ3v) is 5.31. The predicted molar refractivity (Wildman–Crippen MR) is 118 cm³/mol. The Morgan fingerprint density at radius 2 is 2.13 bits per heavy atom. The minimum Gasteiger partial charge on any atom is -0.497 e. The zero-order chi connectivity index (χ0) is 21.8. The number of hydrogen-bond acceptors (Lipinski definition) is 8. The second kappa shape index (κ2) is 9.49. The normalized spacial score (nSPS) is 18.0. The van der Waals surface area contributed by atoms with Crippen LogP contribution in [-0.4, -0.2) is 59.1 Å². The van der Waals surface area contributed by atoms with Crippen LogP contribution in [0.5, 0.6) is 11.8 Å². The SMILES string of the molecule is COc1cccc([C@H](C)Nc2nc(OC3CNCCOC3)nc3c(C(C)C)cnn23)c1. The molecule has 0 saturated carbocycles. The van der Waals surface area contributed by atoms with E-state index in [0.717, 1.165) is 29.1 Å². The zero-order valence-electron chi connectivity index (χ0n) is 18.5. The lowest BCUT2D eigenvalue weighted by Crippen LogP contribution is -2.32. The third-order valence-electron chi connectivity index (χ3n) is 5.31. The Labute approximate surface area is 182 Å². The monoisotopic (exact) mass is 426 g/mol. The maximum atomic E-state index is 6.10. The Balaban J connectivity index is 1.66. The van der Waals surface area contributed by atoms with Crippen molar-refractivity contribution in [1.29, 1.82) is 0 Å². The Bertz CT molecular complexity index is 1010. The molecule has 3 aromatic rings. The average molecular weight is 427 g/mol. The number of aromatic nitrogens is 4. The van der Waals surface area contributed by atoms with Crippen LogP contribution in [-0.2, 0) is 4.74 Å². The molecular weight excluding hydrogens is 396 g/mol. The van der Waals surface area contributed by atoms with Crippen molar-refractivity contribution in [3.05, 3.63) is 41.6 Å². The largest absolute Gasteiger partial charge is 0.497 e. The number of ether oxygens (including phenoxy) is 3. The van der Waals surface area contributed by atoms with Crippen molar-refractivity contribution in [1.82, 2.24) is 24.9 Å². The van der Waals surface area contributed by atoms with E-state index in [1.165, 1.54) is 0 Å². The highest BCUT2D eigenvalue weighted by Gasteiger charge is 2.21. The summed E-state index contributed by atoms with van der Waals surface area (Å²) in [5, 5.41) is 11.3. The molecule has 0 spiro atoms. The number of fused-ring (bicyclic) bond motifs is 1. The topological polar surface area (TPSA) is 94.8 Å². The van der Waals surface area contributed by atoms with E-state index in [9.17, 15) is 0 Å². The number of rotatable bonds is 7. The van der Waals surface area contributed by atoms with Gasteiger partial charge in [-0.15, -0.1) is 0 Å². The molecule has 3 heterocycles. The highest BCUT2D eigenvalue weighted by Crippen LogP contribution is 2.26. The van der Waals surface area contributed by atoms with Crippen LogP contribution >= 0.6 is 0 Å². The third kappa shape index (κ3) is 4.88. The van der Waals surface area contributed by atoms with Crippen molar-refractivity contribution in [3.8, 4) is 11.8 Å². The first-order valence-corrected chi connectivity index (χ1v) is 10.7. The van der Waals surface area contributed by atoms with Crippen molar-refractivity contribution < 1.29 is 14.2 Å². The van der Waals surface area contributed by atoms with Crippen LogP contribution in [0.15, 0.2) is 30.5 Å². The molecule has 31 heavy (non-hydrogen) atoms. The predicted octanol–water partition coefficient (Wildman–Crippen LogP) is 2.80. The molecule has 9 nitrogen and oxygen atoms in total. The lowest BCUT2D eigenvalue weighted by molar-refractivity contribution is 0.0677. The van der Waals surface area contributed by atoms with Crippen LogP contribution in [0.3, 0.4) is 0 Å². The molecule has 2 aromatic heterocycles. The van der Waals surface area contributed by atoms with Gasteiger partial charge < -0.3 is 24.8 Å². The van der Waals surface area contributed by atoms with Gasteiger partial charge in [0.05, 0.1) is 32.6 Å². The molecule has 1 aliphatic heterocycles. The summed E-state index contributed by atoms with van der Waals surface area (Å²) in [7, 11) is 1.66. The van der Waals surface area contributed by atoms with Crippen LogP contribution in [0.1, 0.15) is 43.9 Å². The minimum atomic E-state index is -0.154. The van der Waals surface area contributed by atoms with Crippen molar-refractivity contribution in [2.75, 3.05) is 38.7 Å². The van der Waals surface area contributed by atoms with Gasteiger partial charge in [-0.2, -0.15) is 19.6 Å². The maximum absolute atomic E-state index is 6.10. The molecule has 1 aromatic carbocycles. The molecule has 4 rings (SSSR count). The number of nitrogens with zero attached hydrogens (tertiary/aromatic N) is 4. The lowest BCUT2D eigenvalue weighted by atomic mass is 10.1. The number of hydrogen-bond donors (Lipinski definition) is 2. The van der Waals surface area contributed by atoms with E-state index in [1.807, 2.05) is 30.5 Å². The van der Waals surface area contributed by atoms with E-state index < -0.39 is 0 Å². The average Bonchev–Trinajstić information content (AvgIpc) is 3.04. The van der Waals surface area contributed by atoms with Gasteiger partial charge in [0, 0.05) is 18.7 Å². The molecule has 9 heteroatoms. The van der Waals surface area contributed by atoms with Crippen molar-refractivity contribution >= 4 is 11.6 Å². The van der Waals surface area contributed by atoms with Gasteiger partial charge in [0.1, 0.15) is 11.9 Å². The second-order valence-corrected chi connectivity index (χ2v) is 7.98. The van der Waals surface area contributed by atoms with Crippen LogP contribution in [0, 0.1) is 0 Å². The maximum Gasteiger partial charge on any atom is 0.322 e. The summed E-state index contributed by atoms with van der Waals surface area (Å²) in [6.07, 6.45) is 1.69. The minimum absolute atomic E-state index is 0.0318. The molecule has 0 radical (unpaired) electrons. The summed E-state index contributed by atoms with van der Waals surface area (Å²) < 4.78 is 18.8. The summed E-state index contributed by atoms with van der Waals surface area (Å²) in [6.45, 7) is 8.98.